The first-order chi connectivity index (χ1) is 8.79. The highest BCUT2D eigenvalue weighted by atomic mass is 28.4. The fraction of sp³-hybridized carbons (Fsp3) is 0.462. The van der Waals surface area contributed by atoms with Gasteiger partial charge in [-0.2, -0.15) is 5.21 Å². The minimum absolute atomic E-state index is 0.194. The Balaban J connectivity index is 2.16. The van der Waals surface area contributed by atoms with E-state index in [4.69, 9.17) is 4.43 Å². The molecule has 0 fully saturated rings. The molecule has 0 saturated carbocycles. The fourth-order valence-corrected chi connectivity index (χ4v) is 2.44. The van der Waals surface area contributed by atoms with Gasteiger partial charge in [0.25, 0.3) is 0 Å². The molecule has 0 radical (unpaired) electrons. The van der Waals surface area contributed by atoms with E-state index >= 15 is 0 Å². The SMILES string of the molecule is CC(C)(C)[Si](C)(C)Oc1ccc(-c2nn[nH]n2)cc1. The topological polar surface area (TPSA) is 63.7 Å². The molecule has 0 bridgehead atoms. The first-order valence-corrected chi connectivity index (χ1v) is 9.23. The van der Waals surface area contributed by atoms with E-state index in [1.54, 1.807) is 0 Å². The van der Waals surface area contributed by atoms with E-state index in [9.17, 15) is 0 Å². The van der Waals surface area contributed by atoms with Gasteiger partial charge < -0.3 is 4.43 Å². The van der Waals surface area contributed by atoms with Gasteiger partial charge in [-0.05, 0) is 47.6 Å². The van der Waals surface area contributed by atoms with Crippen molar-refractivity contribution < 1.29 is 4.43 Å². The van der Waals surface area contributed by atoms with Crippen LogP contribution < -0.4 is 4.43 Å². The van der Waals surface area contributed by atoms with Crippen LogP contribution in [0.1, 0.15) is 20.8 Å². The smallest absolute Gasteiger partial charge is 0.250 e. The van der Waals surface area contributed by atoms with Crippen LogP contribution in [0.4, 0.5) is 0 Å². The van der Waals surface area contributed by atoms with E-state index in [1.807, 2.05) is 24.3 Å². The van der Waals surface area contributed by atoms with Crippen molar-refractivity contribution in [1.29, 1.82) is 0 Å². The fourth-order valence-electron chi connectivity index (χ4n) is 1.40. The first kappa shape index (κ1) is 13.7. The van der Waals surface area contributed by atoms with Crippen molar-refractivity contribution in [2.45, 2.75) is 38.9 Å². The van der Waals surface area contributed by atoms with E-state index in [2.05, 4.69) is 54.5 Å². The molecule has 0 unspecified atom stereocenters. The van der Waals surface area contributed by atoms with Crippen LogP contribution in [0.25, 0.3) is 11.4 Å². The number of nitrogens with zero attached hydrogens (tertiary/aromatic N) is 3. The summed E-state index contributed by atoms with van der Waals surface area (Å²) in [5.74, 6) is 1.50. The molecule has 2 aromatic rings. The van der Waals surface area contributed by atoms with Crippen molar-refractivity contribution in [3.63, 3.8) is 0 Å². The summed E-state index contributed by atoms with van der Waals surface area (Å²) in [6, 6.07) is 7.83. The number of hydrogen-bond acceptors (Lipinski definition) is 4. The molecule has 5 nitrogen and oxygen atoms in total. The molecule has 1 aromatic carbocycles. The Labute approximate surface area is 114 Å². The lowest BCUT2D eigenvalue weighted by molar-refractivity contribution is 0.492. The molecule has 102 valence electrons. The van der Waals surface area contributed by atoms with Crippen molar-refractivity contribution in [3.8, 4) is 17.1 Å². The molecule has 0 amide bonds. The second-order valence-corrected chi connectivity index (χ2v) is 10.8. The third-order valence-electron chi connectivity index (χ3n) is 3.64. The van der Waals surface area contributed by atoms with E-state index < -0.39 is 8.32 Å². The predicted octanol–water partition coefficient (Wildman–Crippen LogP) is 3.25. The highest BCUT2D eigenvalue weighted by molar-refractivity contribution is 6.74. The number of benzene rings is 1. The zero-order valence-electron chi connectivity index (χ0n) is 12.1. The van der Waals surface area contributed by atoms with Crippen molar-refractivity contribution in [1.82, 2.24) is 20.6 Å². The Bertz CT molecular complexity index is 529. The van der Waals surface area contributed by atoms with Gasteiger partial charge in [-0.3, -0.25) is 0 Å². The maximum Gasteiger partial charge on any atom is 0.250 e. The summed E-state index contributed by atoms with van der Waals surface area (Å²) in [4.78, 5) is 0. The molecule has 1 N–H and O–H groups in total. The number of nitrogens with one attached hydrogen (secondary N) is 1. The average molecular weight is 276 g/mol. The Morgan fingerprint density at radius 2 is 1.74 bits per heavy atom. The molecule has 0 aliphatic heterocycles. The molecule has 6 heteroatoms. The molecule has 0 aliphatic carbocycles. The number of aromatic amines is 1. The van der Waals surface area contributed by atoms with Crippen LogP contribution in [0.5, 0.6) is 5.75 Å². The lowest BCUT2D eigenvalue weighted by atomic mass is 10.2. The number of rotatable bonds is 3. The average Bonchev–Trinajstić information content (AvgIpc) is 2.81. The van der Waals surface area contributed by atoms with Gasteiger partial charge in [0, 0.05) is 5.56 Å². The molecule has 1 heterocycles. The number of hydrogen-bond donors (Lipinski definition) is 1. The largest absolute Gasteiger partial charge is 0.544 e. The number of aromatic nitrogens is 4. The van der Waals surface area contributed by atoms with Crippen molar-refractivity contribution in [2.24, 2.45) is 0 Å². The van der Waals surface area contributed by atoms with Crippen LogP contribution in [0, 0.1) is 0 Å². The third kappa shape index (κ3) is 3.01. The summed E-state index contributed by atoms with van der Waals surface area (Å²) in [5, 5.41) is 14.1. The van der Waals surface area contributed by atoms with Crippen LogP contribution in [-0.2, 0) is 0 Å². The zero-order valence-corrected chi connectivity index (χ0v) is 13.1. The summed E-state index contributed by atoms with van der Waals surface area (Å²) >= 11 is 0. The summed E-state index contributed by atoms with van der Waals surface area (Å²) in [5.41, 5.74) is 0.927. The normalized spacial score (nSPS) is 12.5. The van der Waals surface area contributed by atoms with Crippen LogP contribution in [-0.4, -0.2) is 28.9 Å². The van der Waals surface area contributed by atoms with Crippen molar-refractivity contribution >= 4 is 8.32 Å². The quantitative estimate of drug-likeness (QED) is 0.874. The predicted molar refractivity (Wildman–Crippen MR) is 77.4 cm³/mol. The van der Waals surface area contributed by atoms with Gasteiger partial charge in [0.2, 0.25) is 14.1 Å². The van der Waals surface area contributed by atoms with Gasteiger partial charge in [-0.15, -0.1) is 10.2 Å². The first-order valence-electron chi connectivity index (χ1n) is 6.32. The van der Waals surface area contributed by atoms with E-state index in [0.29, 0.717) is 5.82 Å². The minimum atomic E-state index is -1.78. The van der Waals surface area contributed by atoms with Gasteiger partial charge in [-0.25, -0.2) is 0 Å². The maximum atomic E-state index is 6.21. The molecular formula is C13H20N4OSi. The van der Waals surface area contributed by atoms with Gasteiger partial charge >= 0.3 is 0 Å². The highest BCUT2D eigenvalue weighted by Crippen LogP contribution is 2.37. The molecule has 0 saturated heterocycles. The number of tetrazole rings is 1. The highest BCUT2D eigenvalue weighted by Gasteiger charge is 2.38. The van der Waals surface area contributed by atoms with E-state index in [0.717, 1.165) is 11.3 Å². The summed E-state index contributed by atoms with van der Waals surface area (Å²) in [6.07, 6.45) is 0. The second-order valence-electron chi connectivity index (χ2n) is 6.12. The molecule has 0 atom stereocenters. The monoisotopic (exact) mass is 276 g/mol. The molecule has 0 spiro atoms. The zero-order chi connectivity index (χ0) is 14.1. The van der Waals surface area contributed by atoms with Crippen LogP contribution in [0.2, 0.25) is 18.1 Å². The lowest BCUT2D eigenvalue weighted by Gasteiger charge is -2.36. The lowest BCUT2D eigenvalue weighted by Crippen LogP contribution is -2.43. The molecule has 0 aliphatic rings. The minimum Gasteiger partial charge on any atom is -0.544 e. The number of H-pyrrole nitrogens is 1. The summed E-state index contributed by atoms with van der Waals surface area (Å²) in [7, 11) is -1.78. The maximum absolute atomic E-state index is 6.21. The van der Waals surface area contributed by atoms with E-state index in [-0.39, 0.29) is 5.04 Å². The Kier molecular flexibility index (Phi) is 3.45. The third-order valence-corrected chi connectivity index (χ3v) is 8.00. The van der Waals surface area contributed by atoms with Gasteiger partial charge in [0.15, 0.2) is 0 Å². The van der Waals surface area contributed by atoms with Crippen LogP contribution >= 0.6 is 0 Å². The van der Waals surface area contributed by atoms with Gasteiger partial charge in [0.05, 0.1) is 0 Å². The summed E-state index contributed by atoms with van der Waals surface area (Å²) in [6.45, 7) is 11.2. The van der Waals surface area contributed by atoms with Gasteiger partial charge in [0.1, 0.15) is 5.75 Å². The second kappa shape index (κ2) is 4.77. The Morgan fingerprint density at radius 3 is 2.21 bits per heavy atom. The molecular weight excluding hydrogens is 256 g/mol. The van der Waals surface area contributed by atoms with Crippen LogP contribution in [0.3, 0.4) is 0 Å². The van der Waals surface area contributed by atoms with E-state index in [1.165, 1.54) is 0 Å². The van der Waals surface area contributed by atoms with Crippen LogP contribution in [0.15, 0.2) is 24.3 Å². The molecule has 19 heavy (non-hydrogen) atoms. The Hall–Kier alpha value is -1.69. The standard InChI is InChI=1S/C13H20N4OSi/c1-13(2,3)19(4,5)18-11-8-6-10(7-9-11)12-14-16-17-15-12/h6-9H,1-5H3,(H,14,15,16,17). The van der Waals surface area contributed by atoms with Crippen molar-refractivity contribution in [2.75, 3.05) is 0 Å². The van der Waals surface area contributed by atoms with Gasteiger partial charge in [-0.1, -0.05) is 20.8 Å². The van der Waals surface area contributed by atoms with Crippen molar-refractivity contribution in [3.05, 3.63) is 24.3 Å². The molecule has 1 aromatic heterocycles. The Morgan fingerprint density at radius 1 is 1.11 bits per heavy atom. The summed E-state index contributed by atoms with van der Waals surface area (Å²) < 4.78 is 6.21. The molecule has 2 rings (SSSR count).